The maximum atomic E-state index is 13.2. The van der Waals surface area contributed by atoms with Gasteiger partial charge in [-0.05, 0) is 68.2 Å². The molecule has 8 heteroatoms. The van der Waals surface area contributed by atoms with Crippen LogP contribution in [0.2, 0.25) is 0 Å². The minimum Gasteiger partial charge on any atom is -0.350 e. The first kappa shape index (κ1) is 22.2. The second-order valence-corrected chi connectivity index (χ2v) is 9.59. The van der Waals surface area contributed by atoms with Crippen LogP contribution in [-0.4, -0.2) is 44.6 Å². The normalized spacial score (nSPS) is 15.7. The molecule has 3 rings (SSSR count). The van der Waals surface area contributed by atoms with Gasteiger partial charge in [-0.2, -0.15) is 0 Å². The van der Waals surface area contributed by atoms with E-state index >= 15 is 0 Å². The van der Waals surface area contributed by atoms with Crippen LogP contribution in [0.15, 0.2) is 48.5 Å². The van der Waals surface area contributed by atoms with Crippen LogP contribution in [0, 0.1) is 5.82 Å². The Labute approximate surface area is 177 Å². The average Bonchev–Trinajstić information content (AvgIpc) is 3.21. The zero-order chi connectivity index (χ0) is 21.7. The van der Waals surface area contributed by atoms with Crippen LogP contribution in [0.5, 0.6) is 0 Å². The summed E-state index contributed by atoms with van der Waals surface area (Å²) in [5.74, 6) is -0.900. The molecule has 1 heterocycles. The Hall–Kier alpha value is -2.45. The van der Waals surface area contributed by atoms with E-state index in [1.54, 1.807) is 0 Å². The molecule has 0 aliphatic carbocycles. The maximum Gasteiger partial charge on any atom is 0.243 e. The largest absolute Gasteiger partial charge is 0.350 e. The van der Waals surface area contributed by atoms with Gasteiger partial charge in [0.2, 0.25) is 15.9 Å². The number of carbonyl (C=O) groups is 1. The number of anilines is 1. The van der Waals surface area contributed by atoms with Crippen LogP contribution in [-0.2, 0) is 27.9 Å². The van der Waals surface area contributed by atoms with Gasteiger partial charge in [0.25, 0.3) is 0 Å². The predicted molar refractivity (Wildman–Crippen MR) is 116 cm³/mol. The third-order valence-corrected chi connectivity index (χ3v) is 6.51. The van der Waals surface area contributed by atoms with E-state index in [9.17, 15) is 17.6 Å². The number of nitrogens with one attached hydrogen (secondary N) is 1. The Kier molecular flexibility index (Phi) is 7.10. The lowest BCUT2D eigenvalue weighted by molar-refractivity contribution is -0.122. The molecule has 2 aromatic carbocycles. The fourth-order valence-electron chi connectivity index (χ4n) is 3.70. The fraction of sp³-hybridized carbons (Fsp3) is 0.409. The van der Waals surface area contributed by atoms with Crippen molar-refractivity contribution in [2.45, 2.75) is 38.9 Å². The summed E-state index contributed by atoms with van der Waals surface area (Å²) in [6.45, 7) is 5.03. The van der Waals surface area contributed by atoms with E-state index in [1.165, 1.54) is 49.6 Å². The van der Waals surface area contributed by atoms with Crippen molar-refractivity contribution in [3.63, 3.8) is 0 Å². The number of benzene rings is 2. The van der Waals surface area contributed by atoms with Crippen LogP contribution < -0.4 is 9.62 Å². The molecular formula is C22H28FN3O3S. The lowest BCUT2D eigenvalue weighted by Crippen LogP contribution is -2.47. The van der Waals surface area contributed by atoms with E-state index in [-0.39, 0.29) is 5.69 Å². The topological polar surface area (TPSA) is 69.7 Å². The Morgan fingerprint density at radius 1 is 1.07 bits per heavy atom. The van der Waals surface area contributed by atoms with E-state index in [1.807, 2.05) is 12.1 Å². The van der Waals surface area contributed by atoms with Gasteiger partial charge in [-0.3, -0.25) is 14.0 Å². The molecule has 30 heavy (non-hydrogen) atoms. The Morgan fingerprint density at radius 2 is 1.63 bits per heavy atom. The number of sulfonamides is 1. The highest BCUT2D eigenvalue weighted by Crippen LogP contribution is 2.21. The molecule has 2 aromatic rings. The number of nitrogens with zero attached hydrogens (tertiary/aromatic N) is 2. The molecule has 0 aromatic heterocycles. The molecule has 1 saturated heterocycles. The molecule has 0 spiro atoms. The molecule has 1 N–H and O–H groups in total. The van der Waals surface area contributed by atoms with E-state index in [0.29, 0.717) is 6.54 Å². The smallest absolute Gasteiger partial charge is 0.243 e. The first-order chi connectivity index (χ1) is 14.2. The monoisotopic (exact) mass is 433 g/mol. The highest BCUT2D eigenvalue weighted by molar-refractivity contribution is 7.92. The lowest BCUT2D eigenvalue weighted by Gasteiger charge is -2.28. The molecule has 1 atom stereocenters. The van der Waals surface area contributed by atoms with Crippen LogP contribution in [0.1, 0.15) is 30.9 Å². The summed E-state index contributed by atoms with van der Waals surface area (Å²) in [4.78, 5) is 15.1. The quantitative estimate of drug-likeness (QED) is 0.695. The van der Waals surface area contributed by atoms with Gasteiger partial charge in [-0.15, -0.1) is 0 Å². The molecule has 0 saturated carbocycles. The summed E-state index contributed by atoms with van der Waals surface area (Å²) in [7, 11) is -3.73. The van der Waals surface area contributed by atoms with Crippen LogP contribution >= 0.6 is 0 Å². The van der Waals surface area contributed by atoms with Crippen molar-refractivity contribution in [1.82, 2.24) is 10.2 Å². The molecule has 0 radical (unpaired) electrons. The lowest BCUT2D eigenvalue weighted by atomic mass is 10.1. The number of hydrogen-bond donors (Lipinski definition) is 1. The van der Waals surface area contributed by atoms with Crippen LogP contribution in [0.3, 0.4) is 0 Å². The highest BCUT2D eigenvalue weighted by atomic mass is 32.2. The molecule has 162 valence electrons. The van der Waals surface area contributed by atoms with Gasteiger partial charge in [0.05, 0.1) is 11.9 Å². The van der Waals surface area contributed by atoms with Crippen LogP contribution in [0.4, 0.5) is 10.1 Å². The summed E-state index contributed by atoms with van der Waals surface area (Å²) in [6.07, 6.45) is 3.54. The zero-order valence-corrected chi connectivity index (χ0v) is 18.2. The number of hydrogen-bond acceptors (Lipinski definition) is 4. The molecule has 1 amide bonds. The Balaban J connectivity index is 1.61. The van der Waals surface area contributed by atoms with E-state index in [2.05, 4.69) is 22.3 Å². The molecule has 1 unspecified atom stereocenters. The predicted octanol–water partition coefficient (Wildman–Crippen LogP) is 2.89. The SMILES string of the molecule is CC(C(=O)NCc1ccc(CN2CCCC2)cc1)N(c1ccc(F)cc1)S(C)(=O)=O. The second-order valence-electron chi connectivity index (χ2n) is 7.73. The third kappa shape index (κ3) is 5.79. The zero-order valence-electron chi connectivity index (χ0n) is 17.3. The minimum absolute atomic E-state index is 0.243. The van der Waals surface area contributed by atoms with Gasteiger partial charge in [-0.1, -0.05) is 24.3 Å². The summed E-state index contributed by atoms with van der Waals surface area (Å²) >= 11 is 0. The van der Waals surface area contributed by atoms with Crippen molar-refractivity contribution >= 4 is 21.6 Å². The Bertz CT molecular complexity index is 956. The molecular weight excluding hydrogens is 405 g/mol. The highest BCUT2D eigenvalue weighted by Gasteiger charge is 2.29. The van der Waals surface area contributed by atoms with Crippen molar-refractivity contribution < 1.29 is 17.6 Å². The van der Waals surface area contributed by atoms with E-state index in [4.69, 9.17) is 0 Å². The minimum atomic E-state index is -3.73. The van der Waals surface area contributed by atoms with Gasteiger partial charge in [0, 0.05) is 13.1 Å². The van der Waals surface area contributed by atoms with Crippen molar-refractivity contribution in [3.8, 4) is 0 Å². The molecule has 1 aliphatic heterocycles. The van der Waals surface area contributed by atoms with Crippen molar-refractivity contribution in [1.29, 1.82) is 0 Å². The number of rotatable bonds is 8. The Morgan fingerprint density at radius 3 is 2.20 bits per heavy atom. The number of likely N-dealkylation sites (tertiary alicyclic amines) is 1. The molecule has 1 aliphatic rings. The summed E-state index contributed by atoms with van der Waals surface area (Å²) in [5.41, 5.74) is 2.42. The van der Waals surface area contributed by atoms with Gasteiger partial charge >= 0.3 is 0 Å². The van der Waals surface area contributed by atoms with Crippen LogP contribution in [0.25, 0.3) is 0 Å². The standard InChI is InChI=1S/C22H28FN3O3S/c1-17(26(30(2,28)29)21-11-9-20(23)10-12-21)22(27)24-15-18-5-7-19(8-6-18)16-25-13-3-4-14-25/h5-12,17H,3-4,13-16H2,1-2H3,(H,24,27). The van der Waals surface area contributed by atoms with Crippen molar-refractivity contribution in [3.05, 3.63) is 65.5 Å². The number of halogens is 1. The molecule has 6 nitrogen and oxygen atoms in total. The van der Waals surface area contributed by atoms with Gasteiger partial charge in [-0.25, -0.2) is 12.8 Å². The molecule has 0 bridgehead atoms. The average molecular weight is 434 g/mol. The van der Waals surface area contributed by atoms with Gasteiger partial charge in [0.15, 0.2) is 0 Å². The van der Waals surface area contributed by atoms with Crippen molar-refractivity contribution in [2.24, 2.45) is 0 Å². The fourth-order valence-corrected chi connectivity index (χ4v) is 4.87. The molecule has 1 fully saturated rings. The number of amides is 1. The maximum absolute atomic E-state index is 13.2. The van der Waals surface area contributed by atoms with Crippen molar-refractivity contribution in [2.75, 3.05) is 23.7 Å². The first-order valence-electron chi connectivity index (χ1n) is 10.1. The first-order valence-corrected chi connectivity index (χ1v) is 11.9. The summed E-state index contributed by atoms with van der Waals surface area (Å²) in [6, 6.07) is 12.1. The summed E-state index contributed by atoms with van der Waals surface area (Å²) in [5, 5.41) is 2.80. The third-order valence-electron chi connectivity index (χ3n) is 5.26. The van der Waals surface area contributed by atoms with Gasteiger partial charge < -0.3 is 5.32 Å². The van der Waals surface area contributed by atoms with Gasteiger partial charge in [0.1, 0.15) is 11.9 Å². The summed E-state index contributed by atoms with van der Waals surface area (Å²) < 4.78 is 38.7. The number of carbonyl (C=O) groups excluding carboxylic acids is 1. The van der Waals surface area contributed by atoms with E-state index < -0.39 is 27.8 Å². The second kappa shape index (κ2) is 9.57. The van der Waals surface area contributed by atoms with E-state index in [0.717, 1.165) is 35.8 Å².